The van der Waals surface area contributed by atoms with Crippen molar-refractivity contribution in [2.45, 2.75) is 0 Å². The zero-order valence-corrected chi connectivity index (χ0v) is 7.78. The highest BCUT2D eigenvalue weighted by Gasteiger charge is 2.15. The fourth-order valence-corrected chi connectivity index (χ4v) is 1.20. The summed E-state index contributed by atoms with van der Waals surface area (Å²) in [5.41, 5.74) is 0.0495. The van der Waals surface area contributed by atoms with Crippen molar-refractivity contribution in [1.29, 1.82) is 5.26 Å². The van der Waals surface area contributed by atoms with E-state index in [4.69, 9.17) is 16.9 Å². The van der Waals surface area contributed by atoms with E-state index >= 15 is 0 Å². The van der Waals surface area contributed by atoms with Gasteiger partial charge in [0.1, 0.15) is 12.2 Å². The third-order valence-corrected chi connectivity index (χ3v) is 1.85. The minimum Gasteiger partial charge on any atom is -0.365 e. The van der Waals surface area contributed by atoms with Gasteiger partial charge in [-0.05, 0) is 6.07 Å². The van der Waals surface area contributed by atoms with Gasteiger partial charge in [-0.3, -0.25) is 10.1 Å². The van der Waals surface area contributed by atoms with E-state index in [2.05, 4.69) is 5.32 Å². The first-order chi connectivity index (χ1) is 6.66. The summed E-state index contributed by atoms with van der Waals surface area (Å²) >= 11 is 5.73. The van der Waals surface area contributed by atoms with Crippen LogP contribution in [0, 0.1) is 21.4 Å². The smallest absolute Gasteiger partial charge is 0.293 e. The van der Waals surface area contributed by atoms with Gasteiger partial charge in [0.2, 0.25) is 0 Å². The molecule has 0 amide bonds. The molecule has 72 valence electrons. The van der Waals surface area contributed by atoms with Gasteiger partial charge in [0.15, 0.2) is 0 Å². The predicted molar refractivity (Wildman–Crippen MR) is 52.2 cm³/mol. The van der Waals surface area contributed by atoms with Crippen LogP contribution in [-0.4, -0.2) is 11.5 Å². The molecule has 0 aliphatic rings. The molecule has 0 spiro atoms. The van der Waals surface area contributed by atoms with E-state index in [1.54, 1.807) is 0 Å². The molecule has 1 N–H and O–H groups in total. The molecule has 1 aromatic carbocycles. The molecular weight excluding hydrogens is 206 g/mol. The highest BCUT2D eigenvalue weighted by Crippen LogP contribution is 2.31. The standard InChI is InChI=1S/C8H6ClN3O2/c9-6-2-1-3-7(12(13)14)8(6)11-5-4-10/h1-3,11H,5H2. The number of nitriles is 1. The molecule has 0 aliphatic heterocycles. The molecule has 0 radical (unpaired) electrons. The number of halogens is 1. The largest absolute Gasteiger partial charge is 0.365 e. The molecule has 5 nitrogen and oxygen atoms in total. The summed E-state index contributed by atoms with van der Waals surface area (Å²) in [6, 6.07) is 6.15. The van der Waals surface area contributed by atoms with Gasteiger partial charge in [-0.15, -0.1) is 0 Å². The Bertz CT molecular complexity index is 400. The molecule has 0 heterocycles. The van der Waals surface area contributed by atoms with Crippen molar-refractivity contribution in [3.63, 3.8) is 0 Å². The first-order valence-corrected chi connectivity index (χ1v) is 4.08. The van der Waals surface area contributed by atoms with Crippen molar-refractivity contribution in [3.05, 3.63) is 33.3 Å². The Morgan fingerprint density at radius 1 is 1.64 bits per heavy atom. The van der Waals surface area contributed by atoms with E-state index in [-0.39, 0.29) is 22.9 Å². The van der Waals surface area contributed by atoms with Crippen LogP contribution in [-0.2, 0) is 0 Å². The van der Waals surface area contributed by atoms with Crippen LogP contribution >= 0.6 is 11.6 Å². The summed E-state index contributed by atoms with van der Waals surface area (Å²) in [6.07, 6.45) is 0. The Hall–Kier alpha value is -1.80. The average molecular weight is 212 g/mol. The van der Waals surface area contributed by atoms with E-state index < -0.39 is 4.92 Å². The Morgan fingerprint density at radius 2 is 2.36 bits per heavy atom. The number of benzene rings is 1. The summed E-state index contributed by atoms with van der Waals surface area (Å²) in [5, 5.41) is 21.7. The quantitative estimate of drug-likeness (QED) is 0.472. The van der Waals surface area contributed by atoms with Crippen LogP contribution < -0.4 is 5.32 Å². The summed E-state index contributed by atoms with van der Waals surface area (Å²) < 4.78 is 0. The predicted octanol–water partition coefficient (Wildman–Crippen LogP) is 2.18. The third-order valence-electron chi connectivity index (χ3n) is 1.53. The lowest BCUT2D eigenvalue weighted by Gasteiger charge is -2.04. The molecule has 1 aromatic rings. The van der Waals surface area contributed by atoms with Crippen molar-refractivity contribution < 1.29 is 4.92 Å². The maximum Gasteiger partial charge on any atom is 0.293 e. The molecule has 0 saturated heterocycles. The Morgan fingerprint density at radius 3 is 2.93 bits per heavy atom. The molecule has 0 atom stereocenters. The fourth-order valence-electron chi connectivity index (χ4n) is 0.968. The minimum atomic E-state index is -0.550. The van der Waals surface area contributed by atoms with Gasteiger partial charge >= 0.3 is 0 Å². The molecule has 0 saturated carbocycles. The number of nitrogens with zero attached hydrogens (tertiary/aromatic N) is 2. The zero-order chi connectivity index (χ0) is 10.6. The lowest BCUT2D eigenvalue weighted by Crippen LogP contribution is -2.02. The Kier molecular flexibility index (Phi) is 3.26. The number of nitro benzene ring substituents is 1. The van der Waals surface area contributed by atoms with Crippen LogP contribution in [0.2, 0.25) is 5.02 Å². The van der Waals surface area contributed by atoms with Crippen LogP contribution in [0.15, 0.2) is 18.2 Å². The second-order valence-electron chi connectivity index (χ2n) is 2.40. The van der Waals surface area contributed by atoms with Crippen molar-refractivity contribution in [3.8, 4) is 6.07 Å². The lowest BCUT2D eigenvalue weighted by atomic mass is 10.2. The topological polar surface area (TPSA) is 79.0 Å². The van der Waals surface area contributed by atoms with Crippen LogP contribution in [0.5, 0.6) is 0 Å². The average Bonchev–Trinajstić information content (AvgIpc) is 2.15. The van der Waals surface area contributed by atoms with Crippen molar-refractivity contribution in [2.24, 2.45) is 0 Å². The number of hydrogen-bond donors (Lipinski definition) is 1. The Balaban J connectivity index is 3.10. The summed E-state index contributed by atoms with van der Waals surface area (Å²) in [6.45, 7) is -0.0232. The van der Waals surface area contributed by atoms with Gasteiger partial charge in [-0.1, -0.05) is 17.7 Å². The highest BCUT2D eigenvalue weighted by molar-refractivity contribution is 6.33. The molecule has 14 heavy (non-hydrogen) atoms. The van der Waals surface area contributed by atoms with E-state index in [9.17, 15) is 10.1 Å². The van der Waals surface area contributed by atoms with Gasteiger partial charge in [-0.2, -0.15) is 5.26 Å². The Labute approximate surface area is 85.1 Å². The van der Waals surface area contributed by atoms with E-state index in [1.165, 1.54) is 18.2 Å². The number of nitro groups is 1. The number of hydrogen-bond acceptors (Lipinski definition) is 4. The van der Waals surface area contributed by atoms with Crippen LogP contribution in [0.1, 0.15) is 0 Å². The maximum absolute atomic E-state index is 10.6. The summed E-state index contributed by atoms with van der Waals surface area (Å²) in [5.74, 6) is 0. The normalized spacial score (nSPS) is 9.14. The van der Waals surface area contributed by atoms with Gasteiger partial charge in [0, 0.05) is 6.07 Å². The SMILES string of the molecule is N#CCNc1c(Cl)cccc1[N+](=O)[O-]. The number of nitrogens with one attached hydrogen (secondary N) is 1. The third kappa shape index (κ3) is 2.12. The lowest BCUT2D eigenvalue weighted by molar-refractivity contribution is -0.383. The summed E-state index contributed by atoms with van der Waals surface area (Å²) in [4.78, 5) is 10.0. The van der Waals surface area contributed by atoms with Crippen molar-refractivity contribution in [2.75, 3.05) is 11.9 Å². The molecule has 6 heteroatoms. The number of para-hydroxylation sites is 1. The molecule has 0 unspecified atom stereocenters. The van der Waals surface area contributed by atoms with E-state index in [0.29, 0.717) is 0 Å². The van der Waals surface area contributed by atoms with Gasteiger partial charge in [0.05, 0.1) is 16.0 Å². The minimum absolute atomic E-state index is 0.0232. The zero-order valence-electron chi connectivity index (χ0n) is 7.03. The van der Waals surface area contributed by atoms with Crippen LogP contribution in [0.4, 0.5) is 11.4 Å². The molecular formula is C8H6ClN3O2. The summed E-state index contributed by atoms with van der Waals surface area (Å²) in [7, 11) is 0. The molecule has 0 aromatic heterocycles. The van der Waals surface area contributed by atoms with Crippen LogP contribution in [0.3, 0.4) is 0 Å². The van der Waals surface area contributed by atoms with Crippen molar-refractivity contribution >= 4 is 23.0 Å². The van der Waals surface area contributed by atoms with E-state index in [0.717, 1.165) is 0 Å². The fraction of sp³-hybridized carbons (Fsp3) is 0.125. The first-order valence-electron chi connectivity index (χ1n) is 3.70. The second-order valence-corrected chi connectivity index (χ2v) is 2.81. The first kappa shape index (κ1) is 10.3. The maximum atomic E-state index is 10.6. The monoisotopic (exact) mass is 211 g/mol. The second kappa shape index (κ2) is 4.44. The number of rotatable bonds is 3. The van der Waals surface area contributed by atoms with Crippen LogP contribution in [0.25, 0.3) is 0 Å². The molecule has 0 fully saturated rings. The molecule has 1 rings (SSSR count). The van der Waals surface area contributed by atoms with Crippen molar-refractivity contribution in [1.82, 2.24) is 0 Å². The highest BCUT2D eigenvalue weighted by atomic mass is 35.5. The van der Waals surface area contributed by atoms with Gasteiger partial charge in [0.25, 0.3) is 5.69 Å². The molecule has 0 aliphatic carbocycles. The van der Waals surface area contributed by atoms with E-state index in [1.807, 2.05) is 6.07 Å². The molecule has 0 bridgehead atoms. The number of anilines is 1. The van der Waals surface area contributed by atoms with Gasteiger partial charge in [-0.25, -0.2) is 0 Å². The van der Waals surface area contributed by atoms with Gasteiger partial charge < -0.3 is 5.32 Å².